The molecule has 2 N–H and O–H groups in total. The van der Waals surface area contributed by atoms with Crippen LogP contribution >= 0.6 is 0 Å². The van der Waals surface area contributed by atoms with Gasteiger partial charge in [0.15, 0.2) is 0 Å². The third-order valence-electron chi connectivity index (χ3n) is 4.82. The standard InChI is InChI=1S/C25H22N2O5/c1-2-26-24(29)22-23(28)20-15-19(32-18-11-7-4-8-12-18)13-14-21(20)27(25(22)30)31-16-17-9-5-3-6-10-17/h3-15,28H,2,16H2,1H3,(H,26,29). The topological polar surface area (TPSA) is 89.8 Å². The maximum absolute atomic E-state index is 13.1. The van der Waals surface area contributed by atoms with Crippen LogP contribution in [0.25, 0.3) is 10.9 Å². The van der Waals surface area contributed by atoms with Gasteiger partial charge >= 0.3 is 0 Å². The molecule has 1 aromatic heterocycles. The van der Waals surface area contributed by atoms with Gasteiger partial charge in [0.2, 0.25) is 0 Å². The van der Waals surface area contributed by atoms with Crippen molar-refractivity contribution in [1.82, 2.24) is 10.0 Å². The number of pyridine rings is 1. The summed E-state index contributed by atoms with van der Waals surface area (Å²) in [4.78, 5) is 31.5. The number of rotatable bonds is 7. The van der Waals surface area contributed by atoms with E-state index in [0.717, 1.165) is 10.3 Å². The molecule has 0 saturated carbocycles. The van der Waals surface area contributed by atoms with Gasteiger partial charge < -0.3 is 20.0 Å². The number of nitrogens with one attached hydrogen (secondary N) is 1. The van der Waals surface area contributed by atoms with Crippen molar-refractivity contribution >= 4 is 16.8 Å². The molecule has 0 aliphatic heterocycles. The maximum Gasteiger partial charge on any atom is 0.300 e. The van der Waals surface area contributed by atoms with E-state index in [1.54, 1.807) is 37.3 Å². The number of hydrogen-bond donors (Lipinski definition) is 2. The molecular formula is C25H22N2O5. The Morgan fingerprint density at radius 1 is 0.969 bits per heavy atom. The number of benzene rings is 3. The van der Waals surface area contributed by atoms with E-state index < -0.39 is 17.2 Å². The number of hydrogen-bond acceptors (Lipinski definition) is 5. The number of ether oxygens (including phenoxy) is 1. The highest BCUT2D eigenvalue weighted by molar-refractivity contribution is 6.02. The van der Waals surface area contributed by atoms with E-state index in [1.807, 2.05) is 48.5 Å². The van der Waals surface area contributed by atoms with Crippen molar-refractivity contribution < 1.29 is 19.5 Å². The van der Waals surface area contributed by atoms with E-state index in [4.69, 9.17) is 9.57 Å². The molecular weight excluding hydrogens is 408 g/mol. The van der Waals surface area contributed by atoms with Gasteiger partial charge in [0, 0.05) is 11.9 Å². The summed E-state index contributed by atoms with van der Waals surface area (Å²) in [7, 11) is 0. The molecule has 3 aromatic carbocycles. The Morgan fingerprint density at radius 3 is 2.34 bits per heavy atom. The van der Waals surface area contributed by atoms with E-state index in [1.165, 1.54) is 0 Å². The molecule has 0 saturated heterocycles. The van der Waals surface area contributed by atoms with Gasteiger partial charge in [-0.1, -0.05) is 48.5 Å². The Balaban J connectivity index is 1.82. The third-order valence-corrected chi connectivity index (χ3v) is 4.82. The lowest BCUT2D eigenvalue weighted by Crippen LogP contribution is -2.35. The van der Waals surface area contributed by atoms with Gasteiger partial charge in [-0.25, -0.2) is 0 Å². The van der Waals surface area contributed by atoms with Crippen molar-refractivity contribution in [3.63, 3.8) is 0 Å². The summed E-state index contributed by atoms with van der Waals surface area (Å²) in [5, 5.41) is 13.7. The summed E-state index contributed by atoms with van der Waals surface area (Å²) in [6, 6.07) is 23.4. The molecule has 4 rings (SSSR count). The molecule has 1 heterocycles. The second-order valence-electron chi connectivity index (χ2n) is 7.04. The fourth-order valence-electron chi connectivity index (χ4n) is 3.31. The van der Waals surface area contributed by atoms with Gasteiger partial charge in [-0.3, -0.25) is 9.59 Å². The van der Waals surface area contributed by atoms with Crippen molar-refractivity contribution in [2.24, 2.45) is 0 Å². The van der Waals surface area contributed by atoms with Crippen LogP contribution in [0.15, 0.2) is 83.7 Å². The number of carbonyl (C=O) groups is 1. The first-order valence-corrected chi connectivity index (χ1v) is 10.2. The number of carbonyl (C=O) groups excluding carboxylic acids is 1. The van der Waals surface area contributed by atoms with Crippen LogP contribution in [0.1, 0.15) is 22.8 Å². The van der Waals surface area contributed by atoms with Crippen molar-refractivity contribution in [3.05, 3.63) is 100 Å². The molecule has 1 amide bonds. The quantitative estimate of drug-likeness (QED) is 0.465. The van der Waals surface area contributed by atoms with E-state index in [0.29, 0.717) is 23.6 Å². The second-order valence-corrected chi connectivity index (χ2v) is 7.04. The first-order chi connectivity index (χ1) is 15.6. The minimum atomic E-state index is -0.742. The highest BCUT2D eigenvalue weighted by Gasteiger charge is 2.23. The van der Waals surface area contributed by atoms with Crippen LogP contribution in [0.3, 0.4) is 0 Å². The normalized spacial score (nSPS) is 10.7. The number of para-hydroxylation sites is 1. The molecule has 4 aromatic rings. The van der Waals surface area contributed by atoms with Crippen molar-refractivity contribution in [3.8, 4) is 17.2 Å². The number of aromatic nitrogens is 1. The van der Waals surface area contributed by atoms with Gasteiger partial charge in [0.25, 0.3) is 11.5 Å². The van der Waals surface area contributed by atoms with Gasteiger partial charge in [0.05, 0.1) is 5.52 Å². The molecule has 0 aliphatic carbocycles. The Labute approximate surface area is 184 Å². The minimum Gasteiger partial charge on any atom is -0.506 e. The molecule has 0 unspecified atom stereocenters. The summed E-state index contributed by atoms with van der Waals surface area (Å²) in [5.74, 6) is -0.0459. The molecule has 0 aliphatic rings. The number of aromatic hydroxyl groups is 1. The molecule has 0 spiro atoms. The molecule has 0 radical (unpaired) electrons. The average Bonchev–Trinajstić information content (AvgIpc) is 2.81. The largest absolute Gasteiger partial charge is 0.506 e. The maximum atomic E-state index is 13.1. The molecule has 162 valence electrons. The zero-order valence-corrected chi connectivity index (χ0v) is 17.4. The molecule has 0 fully saturated rings. The number of amides is 1. The zero-order chi connectivity index (χ0) is 22.5. The molecule has 7 nitrogen and oxygen atoms in total. The Kier molecular flexibility index (Phi) is 6.07. The predicted octanol–water partition coefficient (Wildman–Crippen LogP) is 3.88. The average molecular weight is 430 g/mol. The fraction of sp³-hybridized carbons (Fsp3) is 0.120. The fourth-order valence-corrected chi connectivity index (χ4v) is 3.31. The smallest absolute Gasteiger partial charge is 0.300 e. The van der Waals surface area contributed by atoms with Crippen LogP contribution in [0, 0.1) is 0 Å². The van der Waals surface area contributed by atoms with Crippen LogP contribution < -0.4 is 20.5 Å². The first kappa shape index (κ1) is 21.0. The molecule has 32 heavy (non-hydrogen) atoms. The summed E-state index contributed by atoms with van der Waals surface area (Å²) >= 11 is 0. The van der Waals surface area contributed by atoms with E-state index in [2.05, 4.69) is 5.32 Å². The van der Waals surface area contributed by atoms with Gasteiger partial charge in [0.1, 0.15) is 29.4 Å². The van der Waals surface area contributed by atoms with Crippen molar-refractivity contribution in [2.75, 3.05) is 6.54 Å². The van der Waals surface area contributed by atoms with E-state index in [9.17, 15) is 14.7 Å². The first-order valence-electron chi connectivity index (χ1n) is 10.2. The SMILES string of the molecule is CCNC(=O)c1c(O)c2cc(Oc3ccccc3)ccc2n(OCc2ccccc2)c1=O. The minimum absolute atomic E-state index is 0.109. The lowest BCUT2D eigenvalue weighted by atomic mass is 10.1. The number of nitrogens with zero attached hydrogens (tertiary/aromatic N) is 1. The van der Waals surface area contributed by atoms with Crippen molar-refractivity contribution in [2.45, 2.75) is 13.5 Å². The summed E-state index contributed by atoms with van der Waals surface area (Å²) in [6.45, 7) is 2.14. The van der Waals surface area contributed by atoms with Gasteiger partial charge in [-0.05, 0) is 42.8 Å². The molecule has 0 bridgehead atoms. The van der Waals surface area contributed by atoms with Gasteiger partial charge in [-0.15, -0.1) is 4.73 Å². The van der Waals surface area contributed by atoms with Crippen LogP contribution in [0.5, 0.6) is 17.2 Å². The van der Waals surface area contributed by atoms with Crippen LogP contribution in [-0.2, 0) is 6.61 Å². The Bertz CT molecular complexity index is 1300. The lowest BCUT2D eigenvalue weighted by Gasteiger charge is -2.16. The monoisotopic (exact) mass is 430 g/mol. The van der Waals surface area contributed by atoms with E-state index in [-0.39, 0.29) is 17.6 Å². The Morgan fingerprint density at radius 2 is 1.66 bits per heavy atom. The number of fused-ring (bicyclic) bond motifs is 1. The predicted molar refractivity (Wildman–Crippen MR) is 121 cm³/mol. The van der Waals surface area contributed by atoms with Crippen LogP contribution in [0.4, 0.5) is 0 Å². The van der Waals surface area contributed by atoms with Gasteiger partial charge in [-0.2, -0.15) is 0 Å². The zero-order valence-electron chi connectivity index (χ0n) is 17.4. The second kappa shape index (κ2) is 9.26. The van der Waals surface area contributed by atoms with E-state index >= 15 is 0 Å². The lowest BCUT2D eigenvalue weighted by molar-refractivity contribution is 0.0899. The summed E-state index contributed by atoms with van der Waals surface area (Å²) in [5.41, 5.74) is 0.0407. The van der Waals surface area contributed by atoms with Crippen LogP contribution in [-0.4, -0.2) is 22.3 Å². The highest BCUT2D eigenvalue weighted by atomic mass is 16.7. The van der Waals surface area contributed by atoms with Crippen LogP contribution in [0.2, 0.25) is 0 Å². The van der Waals surface area contributed by atoms with Crippen molar-refractivity contribution in [1.29, 1.82) is 0 Å². The third kappa shape index (κ3) is 4.27. The molecule has 7 heteroatoms. The Hall–Kier alpha value is -4.26. The molecule has 0 atom stereocenters. The highest BCUT2D eigenvalue weighted by Crippen LogP contribution is 2.31. The summed E-state index contributed by atoms with van der Waals surface area (Å²) < 4.78 is 6.89. The summed E-state index contributed by atoms with van der Waals surface area (Å²) in [6.07, 6.45) is 0.